The minimum atomic E-state index is -0.0840. The van der Waals surface area contributed by atoms with Crippen LogP contribution in [0.3, 0.4) is 0 Å². The van der Waals surface area contributed by atoms with E-state index in [1.54, 1.807) is 0 Å². The Morgan fingerprint density at radius 3 is 2.57 bits per heavy atom. The molecule has 5 nitrogen and oxygen atoms in total. The number of aromatic nitrogens is 2. The maximum absolute atomic E-state index is 12.8. The van der Waals surface area contributed by atoms with E-state index in [2.05, 4.69) is 10.4 Å². The topological polar surface area (TPSA) is 56.2 Å². The normalized spacial score (nSPS) is 14.1. The first-order valence-corrected chi connectivity index (χ1v) is 10.8. The van der Waals surface area contributed by atoms with Crippen molar-refractivity contribution >= 4 is 23.2 Å². The Labute approximate surface area is 182 Å². The Bertz CT molecular complexity index is 1040. The van der Waals surface area contributed by atoms with Crippen molar-refractivity contribution in [2.24, 2.45) is 0 Å². The monoisotopic (exact) mass is 423 g/mol. The van der Waals surface area contributed by atoms with Gasteiger partial charge in [0.15, 0.2) is 0 Å². The minimum Gasteiger partial charge on any atom is -0.488 e. The number of carbonyl (C=O) groups excluding carboxylic acids is 1. The summed E-state index contributed by atoms with van der Waals surface area (Å²) in [5, 5.41) is 8.33. The van der Waals surface area contributed by atoms with Gasteiger partial charge in [0.25, 0.3) is 0 Å². The molecular weight excluding hydrogens is 398 g/mol. The van der Waals surface area contributed by atoms with E-state index in [1.807, 2.05) is 67.1 Å². The first-order valence-electron chi connectivity index (χ1n) is 10.4. The number of hydrogen-bond donors (Lipinski definition) is 1. The van der Waals surface area contributed by atoms with Gasteiger partial charge in [0.2, 0.25) is 5.91 Å². The fraction of sp³-hybridized carbons (Fsp3) is 0.333. The first kappa shape index (κ1) is 20.5. The number of benzene rings is 2. The number of aryl methyl sites for hydroxylation is 1. The zero-order valence-corrected chi connectivity index (χ0v) is 18.1. The fourth-order valence-corrected chi connectivity index (χ4v) is 4.10. The van der Waals surface area contributed by atoms with E-state index >= 15 is 0 Å². The molecule has 1 amide bonds. The third-order valence-corrected chi connectivity index (χ3v) is 5.86. The molecule has 0 spiro atoms. The number of amides is 1. The molecule has 30 heavy (non-hydrogen) atoms. The number of rotatable bonds is 6. The van der Waals surface area contributed by atoms with E-state index in [0.29, 0.717) is 5.02 Å². The minimum absolute atomic E-state index is 0.0840. The molecule has 0 radical (unpaired) electrons. The molecule has 1 N–H and O–H groups in total. The van der Waals surface area contributed by atoms with Crippen molar-refractivity contribution in [3.8, 4) is 11.4 Å². The third-order valence-electron chi connectivity index (χ3n) is 5.61. The number of anilines is 1. The molecule has 0 unspecified atom stereocenters. The van der Waals surface area contributed by atoms with Crippen LogP contribution < -0.4 is 10.1 Å². The number of para-hydroxylation sites is 2. The highest BCUT2D eigenvalue weighted by Gasteiger charge is 2.20. The van der Waals surface area contributed by atoms with Gasteiger partial charge in [0, 0.05) is 16.3 Å². The number of carbonyl (C=O) groups is 1. The zero-order valence-electron chi connectivity index (χ0n) is 17.3. The van der Waals surface area contributed by atoms with Gasteiger partial charge in [0.05, 0.1) is 29.6 Å². The Hall–Kier alpha value is -2.79. The molecule has 0 aliphatic heterocycles. The van der Waals surface area contributed by atoms with Crippen molar-refractivity contribution in [2.75, 3.05) is 5.32 Å². The Morgan fingerprint density at radius 2 is 1.83 bits per heavy atom. The molecule has 2 aromatic carbocycles. The summed E-state index contributed by atoms with van der Waals surface area (Å²) in [7, 11) is 0. The van der Waals surface area contributed by atoms with Crippen molar-refractivity contribution in [3.63, 3.8) is 0 Å². The van der Waals surface area contributed by atoms with Crippen LogP contribution in [0, 0.1) is 13.8 Å². The predicted molar refractivity (Wildman–Crippen MR) is 120 cm³/mol. The Morgan fingerprint density at radius 1 is 1.13 bits per heavy atom. The van der Waals surface area contributed by atoms with Gasteiger partial charge in [-0.2, -0.15) is 5.10 Å². The second-order valence-corrected chi connectivity index (χ2v) is 8.22. The molecule has 1 fully saturated rings. The van der Waals surface area contributed by atoms with Crippen molar-refractivity contribution in [1.29, 1.82) is 0 Å². The second-order valence-electron chi connectivity index (χ2n) is 7.78. The fourth-order valence-electron chi connectivity index (χ4n) is 3.98. The van der Waals surface area contributed by atoms with Crippen LogP contribution in [0.15, 0.2) is 48.5 Å². The second kappa shape index (κ2) is 8.92. The van der Waals surface area contributed by atoms with Crippen LogP contribution in [0.4, 0.5) is 5.69 Å². The summed E-state index contributed by atoms with van der Waals surface area (Å²) in [5.41, 5.74) is 4.35. The molecule has 1 saturated carbocycles. The molecule has 1 aliphatic carbocycles. The van der Waals surface area contributed by atoms with Gasteiger partial charge >= 0.3 is 0 Å². The van der Waals surface area contributed by atoms with Crippen LogP contribution in [-0.4, -0.2) is 21.8 Å². The predicted octanol–water partition coefficient (Wildman–Crippen LogP) is 5.65. The number of hydrogen-bond acceptors (Lipinski definition) is 3. The Kier molecular flexibility index (Phi) is 6.09. The highest BCUT2D eigenvalue weighted by molar-refractivity contribution is 6.30. The first-order chi connectivity index (χ1) is 14.5. The van der Waals surface area contributed by atoms with Gasteiger partial charge in [-0.1, -0.05) is 23.7 Å². The average Bonchev–Trinajstić information content (AvgIpc) is 3.34. The van der Waals surface area contributed by atoms with Crippen LogP contribution in [0.25, 0.3) is 5.69 Å². The molecule has 3 aromatic rings. The maximum Gasteiger partial charge on any atom is 0.229 e. The van der Waals surface area contributed by atoms with E-state index in [0.717, 1.165) is 46.9 Å². The van der Waals surface area contributed by atoms with E-state index in [9.17, 15) is 4.79 Å². The lowest BCUT2D eigenvalue weighted by atomic mass is 10.1. The molecule has 1 aliphatic rings. The smallest absolute Gasteiger partial charge is 0.229 e. The van der Waals surface area contributed by atoms with E-state index in [-0.39, 0.29) is 18.4 Å². The van der Waals surface area contributed by atoms with Crippen LogP contribution in [0.5, 0.6) is 5.75 Å². The molecule has 6 heteroatoms. The zero-order chi connectivity index (χ0) is 21.1. The van der Waals surface area contributed by atoms with Crippen molar-refractivity contribution in [1.82, 2.24) is 9.78 Å². The Balaban J connectivity index is 1.49. The summed E-state index contributed by atoms with van der Waals surface area (Å²) in [6, 6.07) is 15.2. The molecule has 4 rings (SSSR count). The van der Waals surface area contributed by atoms with Gasteiger partial charge in [-0.3, -0.25) is 4.79 Å². The summed E-state index contributed by atoms with van der Waals surface area (Å²) in [6.07, 6.45) is 5.05. The van der Waals surface area contributed by atoms with Gasteiger partial charge in [-0.15, -0.1) is 0 Å². The molecule has 0 atom stereocenters. The summed E-state index contributed by atoms with van der Waals surface area (Å²) in [5.74, 6) is 0.655. The quantitative estimate of drug-likeness (QED) is 0.557. The third kappa shape index (κ3) is 4.51. The number of nitrogens with zero attached hydrogens (tertiary/aromatic N) is 2. The van der Waals surface area contributed by atoms with E-state index < -0.39 is 0 Å². The summed E-state index contributed by atoms with van der Waals surface area (Å²) >= 11 is 5.99. The lowest BCUT2D eigenvalue weighted by Crippen LogP contribution is -2.18. The van der Waals surface area contributed by atoms with Gasteiger partial charge < -0.3 is 10.1 Å². The number of halogens is 1. The van der Waals surface area contributed by atoms with E-state index in [4.69, 9.17) is 16.3 Å². The molecule has 0 bridgehead atoms. The molecular formula is C24H26ClN3O2. The highest BCUT2D eigenvalue weighted by atomic mass is 35.5. The standard InChI is InChI=1S/C24H26ClN3O2/c1-16-21(17(2)28(27-16)19-13-11-18(25)12-14-19)15-24(29)26-22-9-5-6-10-23(22)30-20-7-3-4-8-20/h5-6,9-14,20H,3-4,7-8,15H2,1-2H3,(H,26,29). The van der Waals surface area contributed by atoms with Crippen molar-refractivity contribution in [2.45, 2.75) is 52.1 Å². The number of ether oxygens (including phenoxy) is 1. The van der Waals surface area contributed by atoms with Crippen LogP contribution >= 0.6 is 11.6 Å². The molecule has 1 heterocycles. The average molecular weight is 424 g/mol. The van der Waals surface area contributed by atoms with Crippen LogP contribution in [0.2, 0.25) is 5.02 Å². The van der Waals surface area contributed by atoms with Crippen LogP contribution in [-0.2, 0) is 11.2 Å². The maximum atomic E-state index is 12.8. The molecule has 156 valence electrons. The lowest BCUT2D eigenvalue weighted by molar-refractivity contribution is -0.115. The lowest BCUT2D eigenvalue weighted by Gasteiger charge is -2.17. The molecule has 1 aromatic heterocycles. The van der Waals surface area contributed by atoms with Gasteiger partial charge in [-0.05, 0) is 75.9 Å². The van der Waals surface area contributed by atoms with Gasteiger partial charge in [0.1, 0.15) is 5.75 Å². The largest absolute Gasteiger partial charge is 0.488 e. The van der Waals surface area contributed by atoms with Crippen molar-refractivity contribution < 1.29 is 9.53 Å². The van der Waals surface area contributed by atoms with Crippen LogP contribution in [0.1, 0.15) is 42.6 Å². The molecule has 0 saturated heterocycles. The highest BCUT2D eigenvalue weighted by Crippen LogP contribution is 2.30. The summed E-state index contributed by atoms with van der Waals surface area (Å²) < 4.78 is 7.99. The van der Waals surface area contributed by atoms with Crippen molar-refractivity contribution in [3.05, 3.63) is 70.5 Å². The summed E-state index contributed by atoms with van der Waals surface area (Å²) in [4.78, 5) is 12.8. The summed E-state index contributed by atoms with van der Waals surface area (Å²) in [6.45, 7) is 3.91. The van der Waals surface area contributed by atoms with E-state index in [1.165, 1.54) is 12.8 Å². The number of nitrogens with one attached hydrogen (secondary N) is 1. The SMILES string of the molecule is Cc1nn(-c2ccc(Cl)cc2)c(C)c1CC(=O)Nc1ccccc1OC1CCCC1. The van der Waals surface area contributed by atoms with Gasteiger partial charge in [-0.25, -0.2) is 4.68 Å².